The number of tetrazole rings is 1. The predicted octanol–water partition coefficient (Wildman–Crippen LogP) is -0.540. The van der Waals surface area contributed by atoms with Crippen LogP contribution in [0.25, 0.3) is 0 Å². The minimum absolute atomic E-state index is 0.186. The van der Waals surface area contributed by atoms with Gasteiger partial charge in [-0.25, -0.2) is 9.07 Å². The number of quaternary nitrogens is 2. The van der Waals surface area contributed by atoms with Crippen LogP contribution in [-0.2, 0) is 5.54 Å². The van der Waals surface area contributed by atoms with E-state index in [0.717, 1.165) is 38.5 Å². The number of piperazine rings is 1. The lowest BCUT2D eigenvalue weighted by atomic mass is 10.0. The molecule has 136 valence electrons. The predicted molar refractivity (Wildman–Crippen MR) is 93.0 cm³/mol. The highest BCUT2D eigenvalue weighted by molar-refractivity contribution is 5.24. The van der Waals surface area contributed by atoms with Crippen LogP contribution in [0.1, 0.15) is 45.1 Å². The van der Waals surface area contributed by atoms with Gasteiger partial charge in [-0.1, -0.05) is 12.1 Å². The molecule has 1 aromatic heterocycles. The molecule has 1 aromatic carbocycles. The molecule has 0 bridgehead atoms. The summed E-state index contributed by atoms with van der Waals surface area (Å²) in [5.41, 5.74) is 0.427. The molecule has 2 heterocycles. The van der Waals surface area contributed by atoms with Crippen LogP contribution in [0.2, 0.25) is 0 Å². The van der Waals surface area contributed by atoms with Gasteiger partial charge in [0.2, 0.25) is 5.82 Å². The number of aromatic nitrogens is 4. The molecule has 6 nitrogen and oxygen atoms in total. The van der Waals surface area contributed by atoms with Gasteiger partial charge in [-0.2, -0.15) is 0 Å². The van der Waals surface area contributed by atoms with Crippen molar-refractivity contribution >= 4 is 0 Å². The first-order valence-electron chi connectivity index (χ1n) is 9.13. The quantitative estimate of drug-likeness (QED) is 0.780. The molecule has 1 aliphatic heterocycles. The highest BCUT2D eigenvalue weighted by Gasteiger charge is 2.38. The Morgan fingerprint density at radius 2 is 1.84 bits per heavy atom. The van der Waals surface area contributed by atoms with Crippen molar-refractivity contribution in [2.45, 2.75) is 39.3 Å². The fourth-order valence-corrected chi connectivity index (χ4v) is 3.67. The van der Waals surface area contributed by atoms with Crippen molar-refractivity contribution < 1.29 is 14.2 Å². The summed E-state index contributed by atoms with van der Waals surface area (Å²) >= 11 is 0. The highest BCUT2D eigenvalue weighted by atomic mass is 19.1. The standard InChI is InChI=1S/C18H27FN6/c1-5-23-10-12-24(13-11-23)16(14-8-6-7-9-15(14)19)17-20-21-22-25(17)18(2,3)4/h6-9,16H,5,10-13H2,1-4H3/p+2/t16-/m0/s1. The molecule has 1 fully saturated rings. The molecule has 0 radical (unpaired) electrons. The first-order valence-corrected chi connectivity index (χ1v) is 9.13. The number of nitrogens with one attached hydrogen (secondary N) is 2. The molecule has 1 aliphatic rings. The lowest BCUT2D eigenvalue weighted by Gasteiger charge is -2.34. The van der Waals surface area contributed by atoms with E-state index >= 15 is 0 Å². The number of halogens is 1. The molecule has 25 heavy (non-hydrogen) atoms. The molecule has 3 rings (SSSR count). The molecular formula is C18H29FN6+2. The van der Waals surface area contributed by atoms with E-state index in [-0.39, 0.29) is 17.4 Å². The molecule has 1 atom stereocenters. The second-order valence-corrected chi connectivity index (χ2v) is 7.84. The van der Waals surface area contributed by atoms with Gasteiger partial charge in [0.1, 0.15) is 32.0 Å². The molecule has 2 N–H and O–H groups in total. The average Bonchev–Trinajstić information content (AvgIpc) is 3.07. The van der Waals surface area contributed by atoms with Gasteiger partial charge in [0.25, 0.3) is 0 Å². The Morgan fingerprint density at radius 3 is 2.44 bits per heavy atom. The summed E-state index contributed by atoms with van der Waals surface area (Å²) in [6.07, 6.45) is 0. The van der Waals surface area contributed by atoms with E-state index in [1.54, 1.807) is 11.0 Å². The lowest BCUT2D eigenvalue weighted by Crippen LogP contribution is -3.28. The van der Waals surface area contributed by atoms with E-state index in [4.69, 9.17) is 0 Å². The van der Waals surface area contributed by atoms with Crippen LogP contribution >= 0.6 is 0 Å². The third kappa shape index (κ3) is 3.72. The first-order chi connectivity index (χ1) is 11.9. The van der Waals surface area contributed by atoms with E-state index in [1.807, 2.05) is 16.8 Å². The zero-order valence-corrected chi connectivity index (χ0v) is 15.6. The van der Waals surface area contributed by atoms with Crippen molar-refractivity contribution in [1.29, 1.82) is 0 Å². The molecule has 1 saturated heterocycles. The normalized spacial score (nSPS) is 22.8. The van der Waals surface area contributed by atoms with Crippen molar-refractivity contribution in [2.75, 3.05) is 32.7 Å². The number of benzene rings is 1. The van der Waals surface area contributed by atoms with Crippen LogP contribution in [0.15, 0.2) is 24.3 Å². The summed E-state index contributed by atoms with van der Waals surface area (Å²) in [7, 11) is 0. The lowest BCUT2D eigenvalue weighted by molar-refractivity contribution is -1.02. The van der Waals surface area contributed by atoms with E-state index in [9.17, 15) is 4.39 Å². The van der Waals surface area contributed by atoms with E-state index < -0.39 is 0 Å². The number of rotatable bonds is 4. The Morgan fingerprint density at radius 1 is 1.16 bits per heavy atom. The second-order valence-electron chi connectivity index (χ2n) is 7.84. The van der Waals surface area contributed by atoms with Crippen molar-refractivity contribution in [1.82, 2.24) is 20.2 Å². The highest BCUT2D eigenvalue weighted by Crippen LogP contribution is 2.23. The Balaban J connectivity index is 2.02. The summed E-state index contributed by atoms with van der Waals surface area (Å²) in [5.74, 6) is 0.557. The van der Waals surface area contributed by atoms with Gasteiger partial charge >= 0.3 is 0 Å². The summed E-state index contributed by atoms with van der Waals surface area (Å²) in [6, 6.07) is 6.84. The first kappa shape index (κ1) is 17.9. The fourth-order valence-electron chi connectivity index (χ4n) is 3.67. The minimum atomic E-state index is -0.252. The zero-order chi connectivity index (χ0) is 18.0. The molecule has 0 unspecified atom stereocenters. The zero-order valence-electron chi connectivity index (χ0n) is 15.6. The molecule has 0 aliphatic carbocycles. The van der Waals surface area contributed by atoms with Crippen LogP contribution in [0, 0.1) is 5.82 Å². The van der Waals surface area contributed by atoms with Gasteiger partial charge in [-0.15, -0.1) is 5.10 Å². The van der Waals surface area contributed by atoms with Crippen LogP contribution in [0.3, 0.4) is 0 Å². The summed E-state index contributed by atoms with van der Waals surface area (Å²) in [5, 5.41) is 12.4. The third-order valence-corrected chi connectivity index (χ3v) is 5.11. The van der Waals surface area contributed by atoms with Gasteiger partial charge in [0.05, 0.1) is 17.6 Å². The minimum Gasteiger partial charge on any atom is -0.326 e. The van der Waals surface area contributed by atoms with E-state index in [1.165, 1.54) is 11.0 Å². The van der Waals surface area contributed by atoms with Crippen LogP contribution in [0.4, 0.5) is 4.39 Å². The van der Waals surface area contributed by atoms with Crippen molar-refractivity contribution in [3.8, 4) is 0 Å². The molecule has 0 spiro atoms. The molecular weight excluding hydrogens is 319 g/mol. The number of likely N-dealkylation sites (N-methyl/N-ethyl adjacent to an activating group) is 1. The summed E-state index contributed by atoms with van der Waals surface area (Å²) in [4.78, 5) is 2.94. The van der Waals surface area contributed by atoms with E-state index in [0.29, 0.717) is 5.56 Å². The smallest absolute Gasteiger partial charge is 0.214 e. The number of nitrogens with zero attached hydrogens (tertiary/aromatic N) is 4. The van der Waals surface area contributed by atoms with Crippen molar-refractivity contribution in [3.63, 3.8) is 0 Å². The Kier molecular flexibility index (Phi) is 5.15. The van der Waals surface area contributed by atoms with Crippen LogP contribution < -0.4 is 9.80 Å². The van der Waals surface area contributed by atoms with Gasteiger partial charge in [0.15, 0.2) is 6.04 Å². The van der Waals surface area contributed by atoms with Gasteiger partial charge in [-0.05, 0) is 50.3 Å². The Labute approximate surface area is 148 Å². The SMILES string of the molecule is CC[NH+]1CC[NH+]([C@@H](c2ccccc2F)c2nnnn2C(C)(C)C)CC1. The van der Waals surface area contributed by atoms with Crippen molar-refractivity contribution in [3.05, 3.63) is 41.5 Å². The maximum absolute atomic E-state index is 14.7. The fraction of sp³-hybridized carbons (Fsp3) is 0.611. The molecule has 2 aromatic rings. The van der Waals surface area contributed by atoms with Gasteiger partial charge < -0.3 is 9.80 Å². The summed E-state index contributed by atoms with van der Waals surface area (Å²) in [6.45, 7) is 13.7. The number of hydrogen-bond donors (Lipinski definition) is 2. The van der Waals surface area contributed by atoms with E-state index in [2.05, 4.69) is 43.2 Å². The molecule has 0 saturated carbocycles. The van der Waals surface area contributed by atoms with Crippen LogP contribution in [-0.4, -0.2) is 52.9 Å². The monoisotopic (exact) mass is 348 g/mol. The Hall–Kier alpha value is -1.86. The van der Waals surface area contributed by atoms with Gasteiger partial charge in [-0.3, -0.25) is 0 Å². The maximum atomic E-state index is 14.7. The van der Waals surface area contributed by atoms with Gasteiger partial charge in [0, 0.05) is 0 Å². The summed E-state index contributed by atoms with van der Waals surface area (Å²) < 4.78 is 16.5. The number of hydrogen-bond acceptors (Lipinski definition) is 3. The second kappa shape index (κ2) is 7.17. The molecule has 0 amide bonds. The average molecular weight is 348 g/mol. The largest absolute Gasteiger partial charge is 0.326 e. The third-order valence-electron chi connectivity index (χ3n) is 5.11. The maximum Gasteiger partial charge on any atom is 0.214 e. The topological polar surface area (TPSA) is 52.5 Å². The van der Waals surface area contributed by atoms with Crippen molar-refractivity contribution in [2.24, 2.45) is 0 Å². The Bertz CT molecular complexity index is 700. The molecule has 7 heteroatoms. The van der Waals surface area contributed by atoms with Crippen LogP contribution in [0.5, 0.6) is 0 Å².